The van der Waals surface area contributed by atoms with Gasteiger partial charge in [0.2, 0.25) is 0 Å². The Balaban J connectivity index is 2.10. The minimum absolute atomic E-state index is 0.120. The van der Waals surface area contributed by atoms with Gasteiger partial charge in [0.15, 0.2) is 0 Å². The third-order valence-electron chi connectivity index (χ3n) is 2.75. The van der Waals surface area contributed by atoms with E-state index in [1.54, 1.807) is 0 Å². The molecule has 4 heteroatoms. The highest BCUT2D eigenvalue weighted by atomic mass is 19.1. The molecule has 0 bridgehead atoms. The fourth-order valence-corrected chi connectivity index (χ4v) is 1.92. The molecule has 1 aliphatic rings. The van der Waals surface area contributed by atoms with Crippen LogP contribution in [-0.2, 0) is 0 Å². The second-order valence-electron chi connectivity index (χ2n) is 3.87. The van der Waals surface area contributed by atoms with E-state index in [0.717, 1.165) is 25.3 Å². The molecule has 0 radical (unpaired) electrons. The Bertz CT molecular complexity index is 356. The summed E-state index contributed by atoms with van der Waals surface area (Å²) in [5.74, 6) is -1.21. The summed E-state index contributed by atoms with van der Waals surface area (Å²) in [5, 5.41) is 12.4. The summed E-state index contributed by atoms with van der Waals surface area (Å²) in [6.45, 7) is 0. The average molecular weight is 213 g/mol. The third-order valence-corrected chi connectivity index (χ3v) is 2.75. The standard InChI is InChI=1S/C11H13F2NO/c12-7-4-5-9(8(13)6-7)14-10-2-1-3-11(10)15/h4-6,10-11,14-15H,1-3H2/t10-,11-/m1/s1. The minimum atomic E-state index is -0.617. The molecule has 15 heavy (non-hydrogen) atoms. The Morgan fingerprint density at radius 3 is 2.67 bits per heavy atom. The van der Waals surface area contributed by atoms with E-state index in [1.165, 1.54) is 12.1 Å². The monoisotopic (exact) mass is 213 g/mol. The van der Waals surface area contributed by atoms with Crippen LogP contribution in [0.4, 0.5) is 14.5 Å². The van der Waals surface area contributed by atoms with E-state index < -0.39 is 17.7 Å². The van der Waals surface area contributed by atoms with Gasteiger partial charge in [-0.25, -0.2) is 8.78 Å². The lowest BCUT2D eigenvalue weighted by atomic mass is 10.2. The first-order valence-corrected chi connectivity index (χ1v) is 5.06. The van der Waals surface area contributed by atoms with Gasteiger partial charge in [-0.05, 0) is 31.4 Å². The first-order valence-electron chi connectivity index (χ1n) is 5.06. The van der Waals surface area contributed by atoms with Crippen LogP contribution in [0.15, 0.2) is 18.2 Å². The van der Waals surface area contributed by atoms with E-state index in [-0.39, 0.29) is 11.7 Å². The highest BCUT2D eigenvalue weighted by Gasteiger charge is 2.25. The van der Waals surface area contributed by atoms with E-state index >= 15 is 0 Å². The van der Waals surface area contributed by atoms with Crippen molar-refractivity contribution in [3.63, 3.8) is 0 Å². The molecule has 0 amide bonds. The maximum atomic E-state index is 13.2. The number of anilines is 1. The van der Waals surface area contributed by atoms with Crippen molar-refractivity contribution >= 4 is 5.69 Å². The fourth-order valence-electron chi connectivity index (χ4n) is 1.92. The van der Waals surface area contributed by atoms with Gasteiger partial charge in [-0.1, -0.05) is 0 Å². The molecule has 0 saturated heterocycles. The number of hydrogen-bond acceptors (Lipinski definition) is 2. The van der Waals surface area contributed by atoms with E-state index in [2.05, 4.69) is 5.32 Å². The molecule has 2 atom stereocenters. The average Bonchev–Trinajstić information content (AvgIpc) is 2.57. The summed E-state index contributed by atoms with van der Waals surface area (Å²) < 4.78 is 25.9. The van der Waals surface area contributed by atoms with Gasteiger partial charge >= 0.3 is 0 Å². The number of benzene rings is 1. The van der Waals surface area contributed by atoms with Gasteiger partial charge in [0.05, 0.1) is 17.8 Å². The van der Waals surface area contributed by atoms with E-state index in [1.807, 2.05) is 0 Å². The van der Waals surface area contributed by atoms with Gasteiger partial charge in [-0.15, -0.1) is 0 Å². The second kappa shape index (κ2) is 4.14. The van der Waals surface area contributed by atoms with Crippen molar-refractivity contribution in [2.24, 2.45) is 0 Å². The van der Waals surface area contributed by atoms with Crippen molar-refractivity contribution < 1.29 is 13.9 Å². The number of aliphatic hydroxyl groups is 1. The molecule has 0 aliphatic heterocycles. The van der Waals surface area contributed by atoms with Crippen LogP contribution in [0.1, 0.15) is 19.3 Å². The molecule has 0 spiro atoms. The summed E-state index contributed by atoms with van der Waals surface area (Å²) in [5.41, 5.74) is 0.252. The van der Waals surface area contributed by atoms with Gasteiger partial charge < -0.3 is 10.4 Å². The van der Waals surface area contributed by atoms with Crippen LogP contribution in [-0.4, -0.2) is 17.3 Å². The first-order chi connectivity index (χ1) is 7.16. The first kappa shape index (κ1) is 10.4. The molecule has 1 fully saturated rings. The lowest BCUT2D eigenvalue weighted by molar-refractivity contribution is 0.171. The zero-order valence-corrected chi connectivity index (χ0v) is 8.21. The Morgan fingerprint density at radius 2 is 2.07 bits per heavy atom. The summed E-state index contributed by atoms with van der Waals surface area (Å²) in [6.07, 6.45) is 2.05. The number of nitrogens with one attached hydrogen (secondary N) is 1. The molecule has 1 aromatic rings. The van der Waals surface area contributed by atoms with Crippen molar-refractivity contribution in [2.75, 3.05) is 5.32 Å². The predicted molar refractivity (Wildman–Crippen MR) is 53.6 cm³/mol. The SMILES string of the molecule is O[C@@H]1CCC[C@H]1Nc1ccc(F)cc1F. The lowest BCUT2D eigenvalue weighted by Crippen LogP contribution is -2.28. The molecule has 2 N–H and O–H groups in total. The Hall–Kier alpha value is -1.16. The smallest absolute Gasteiger partial charge is 0.149 e. The maximum Gasteiger partial charge on any atom is 0.149 e. The van der Waals surface area contributed by atoms with Gasteiger partial charge in [-0.3, -0.25) is 0 Å². The van der Waals surface area contributed by atoms with Gasteiger partial charge in [0.25, 0.3) is 0 Å². The summed E-state index contributed by atoms with van der Waals surface area (Å²) in [4.78, 5) is 0. The highest BCUT2D eigenvalue weighted by Crippen LogP contribution is 2.24. The van der Waals surface area contributed by atoms with Crippen LogP contribution in [0.2, 0.25) is 0 Å². The molecule has 2 rings (SSSR count). The van der Waals surface area contributed by atoms with Crippen molar-refractivity contribution in [3.8, 4) is 0 Å². The second-order valence-corrected chi connectivity index (χ2v) is 3.87. The summed E-state index contributed by atoms with van der Waals surface area (Å²) in [7, 11) is 0. The molecule has 0 aromatic heterocycles. The van der Waals surface area contributed by atoms with Crippen LogP contribution < -0.4 is 5.32 Å². The van der Waals surface area contributed by atoms with Crippen LogP contribution in [0.3, 0.4) is 0 Å². The molecule has 1 saturated carbocycles. The number of hydrogen-bond donors (Lipinski definition) is 2. The topological polar surface area (TPSA) is 32.3 Å². The Morgan fingerprint density at radius 1 is 1.27 bits per heavy atom. The van der Waals surface area contributed by atoms with Crippen molar-refractivity contribution in [1.29, 1.82) is 0 Å². The molecular weight excluding hydrogens is 200 g/mol. The fraction of sp³-hybridized carbons (Fsp3) is 0.455. The largest absolute Gasteiger partial charge is 0.391 e. The van der Waals surface area contributed by atoms with Gasteiger partial charge in [-0.2, -0.15) is 0 Å². The van der Waals surface area contributed by atoms with E-state index in [4.69, 9.17) is 0 Å². The van der Waals surface area contributed by atoms with Crippen LogP contribution >= 0.6 is 0 Å². The molecule has 1 aliphatic carbocycles. The number of rotatable bonds is 2. The third kappa shape index (κ3) is 2.26. The van der Waals surface area contributed by atoms with Crippen molar-refractivity contribution in [3.05, 3.63) is 29.8 Å². The zero-order valence-electron chi connectivity index (χ0n) is 8.21. The quantitative estimate of drug-likeness (QED) is 0.790. The summed E-state index contributed by atoms with van der Waals surface area (Å²) in [6, 6.07) is 3.27. The van der Waals surface area contributed by atoms with Crippen LogP contribution in [0.5, 0.6) is 0 Å². The van der Waals surface area contributed by atoms with Crippen molar-refractivity contribution in [2.45, 2.75) is 31.4 Å². The highest BCUT2D eigenvalue weighted by molar-refractivity contribution is 5.46. The van der Waals surface area contributed by atoms with Gasteiger partial charge in [0, 0.05) is 6.07 Å². The Kier molecular flexibility index (Phi) is 2.86. The maximum absolute atomic E-state index is 13.2. The molecular formula is C11H13F2NO. The molecule has 82 valence electrons. The number of aliphatic hydroxyl groups excluding tert-OH is 1. The minimum Gasteiger partial charge on any atom is -0.391 e. The van der Waals surface area contributed by atoms with Gasteiger partial charge in [0.1, 0.15) is 11.6 Å². The predicted octanol–water partition coefficient (Wildman–Crippen LogP) is 2.29. The molecule has 2 nitrogen and oxygen atoms in total. The van der Waals surface area contributed by atoms with Crippen LogP contribution in [0, 0.1) is 11.6 Å². The lowest BCUT2D eigenvalue weighted by Gasteiger charge is -2.18. The van der Waals surface area contributed by atoms with E-state index in [0.29, 0.717) is 0 Å². The Labute approximate surface area is 86.9 Å². The number of halogens is 2. The zero-order chi connectivity index (χ0) is 10.8. The molecule has 0 heterocycles. The van der Waals surface area contributed by atoms with E-state index in [9.17, 15) is 13.9 Å². The van der Waals surface area contributed by atoms with Crippen molar-refractivity contribution in [1.82, 2.24) is 0 Å². The summed E-state index contributed by atoms with van der Waals surface area (Å²) >= 11 is 0. The normalized spacial score (nSPS) is 25.5. The molecule has 0 unspecified atom stereocenters. The van der Waals surface area contributed by atoms with Crippen LogP contribution in [0.25, 0.3) is 0 Å². The molecule has 1 aromatic carbocycles.